The van der Waals surface area contributed by atoms with Crippen molar-refractivity contribution in [1.29, 1.82) is 0 Å². The molecule has 0 amide bonds. The van der Waals surface area contributed by atoms with Crippen LogP contribution in [0.25, 0.3) is 0 Å². The van der Waals surface area contributed by atoms with Gasteiger partial charge >= 0.3 is 0 Å². The third-order valence-electron chi connectivity index (χ3n) is 3.85. The minimum atomic E-state index is -2.16. The zero-order valence-electron chi connectivity index (χ0n) is 12.3. The summed E-state index contributed by atoms with van der Waals surface area (Å²) in [5.41, 5.74) is -0.891. The molecule has 24 heavy (non-hydrogen) atoms. The third-order valence-corrected chi connectivity index (χ3v) is 3.85. The third kappa shape index (κ3) is 3.13. The lowest BCUT2D eigenvalue weighted by Gasteiger charge is -2.34. The van der Waals surface area contributed by atoms with Crippen molar-refractivity contribution in [2.45, 2.75) is 6.04 Å². The molecule has 0 bridgehead atoms. The first kappa shape index (κ1) is 18.7. The highest BCUT2D eigenvalue weighted by molar-refractivity contribution is 5.85. The highest BCUT2D eigenvalue weighted by Gasteiger charge is 2.36. The molecule has 1 saturated heterocycles. The van der Waals surface area contributed by atoms with Gasteiger partial charge < -0.3 is 9.73 Å². The van der Waals surface area contributed by atoms with Crippen molar-refractivity contribution >= 4 is 12.4 Å². The second kappa shape index (κ2) is 7.50. The van der Waals surface area contributed by atoms with E-state index >= 15 is 0 Å². The summed E-state index contributed by atoms with van der Waals surface area (Å²) in [6.07, 6.45) is 1.29. The van der Waals surface area contributed by atoms with Gasteiger partial charge in [-0.2, -0.15) is 0 Å². The van der Waals surface area contributed by atoms with Crippen molar-refractivity contribution in [2.24, 2.45) is 0 Å². The smallest absolute Gasteiger partial charge is 0.200 e. The lowest BCUT2D eigenvalue weighted by atomic mass is 9.99. The Balaban J connectivity index is 0.00000208. The van der Waals surface area contributed by atoms with E-state index in [0.717, 1.165) is 0 Å². The molecule has 1 aliphatic rings. The molecule has 132 valence electrons. The van der Waals surface area contributed by atoms with E-state index in [9.17, 15) is 22.0 Å². The van der Waals surface area contributed by atoms with Crippen LogP contribution in [0.4, 0.5) is 22.0 Å². The molecule has 0 saturated carbocycles. The highest BCUT2D eigenvalue weighted by atomic mass is 35.5. The molecule has 3 nitrogen and oxygen atoms in total. The average molecular weight is 369 g/mol. The molecular weight excluding hydrogens is 355 g/mol. The first-order chi connectivity index (χ1) is 11.0. The van der Waals surface area contributed by atoms with E-state index in [2.05, 4.69) is 5.32 Å². The van der Waals surface area contributed by atoms with Crippen LogP contribution in [0.3, 0.4) is 0 Å². The summed E-state index contributed by atoms with van der Waals surface area (Å²) in [5.74, 6) is -9.61. The molecule has 0 spiro atoms. The summed E-state index contributed by atoms with van der Waals surface area (Å²) in [6.45, 7) is 1.83. The molecule has 1 aromatic heterocycles. The Morgan fingerprint density at radius 3 is 1.96 bits per heavy atom. The fraction of sp³-hybridized carbons (Fsp3) is 0.333. The van der Waals surface area contributed by atoms with Crippen molar-refractivity contribution in [3.63, 3.8) is 0 Å². The van der Waals surface area contributed by atoms with Gasteiger partial charge in [0.2, 0.25) is 5.82 Å². The quantitative estimate of drug-likeness (QED) is 0.511. The van der Waals surface area contributed by atoms with Gasteiger partial charge in [-0.05, 0) is 12.1 Å². The second-order valence-corrected chi connectivity index (χ2v) is 5.19. The van der Waals surface area contributed by atoms with E-state index in [4.69, 9.17) is 4.42 Å². The van der Waals surface area contributed by atoms with E-state index < -0.39 is 40.7 Å². The average Bonchev–Trinajstić information content (AvgIpc) is 3.10. The molecule has 9 heteroatoms. The zero-order chi connectivity index (χ0) is 16.6. The fourth-order valence-electron chi connectivity index (χ4n) is 2.75. The zero-order valence-corrected chi connectivity index (χ0v) is 13.1. The van der Waals surface area contributed by atoms with Crippen LogP contribution in [0, 0.1) is 29.1 Å². The standard InChI is InChI=1S/C15H13F5N2O.ClH/c16-10-9(11(17)13(19)14(20)12(10)18)15(8-2-1-7-23-8)22-5-3-21-4-6-22;/h1-2,7,15,21H,3-6H2;1H/t15-;/m1./s1. The number of furan rings is 1. The molecule has 1 aromatic carbocycles. The Hall–Kier alpha value is -1.64. The Morgan fingerprint density at radius 1 is 0.917 bits per heavy atom. The first-order valence-electron chi connectivity index (χ1n) is 7.02. The summed E-state index contributed by atoms with van der Waals surface area (Å²) in [7, 11) is 0. The molecule has 2 heterocycles. The van der Waals surface area contributed by atoms with E-state index in [-0.39, 0.29) is 18.2 Å². The SMILES string of the molecule is Cl.Fc1c(F)c(F)c([C@@H](c2ccco2)N2CCNCC2)c(F)c1F. The maximum atomic E-state index is 14.2. The van der Waals surface area contributed by atoms with Crippen LogP contribution >= 0.6 is 12.4 Å². The topological polar surface area (TPSA) is 28.4 Å². The molecule has 1 atom stereocenters. The second-order valence-electron chi connectivity index (χ2n) is 5.19. The molecule has 0 radical (unpaired) electrons. The number of piperazine rings is 1. The predicted molar refractivity (Wildman–Crippen MR) is 78.5 cm³/mol. The number of nitrogens with zero attached hydrogens (tertiary/aromatic N) is 1. The van der Waals surface area contributed by atoms with E-state index in [0.29, 0.717) is 26.2 Å². The number of hydrogen-bond acceptors (Lipinski definition) is 3. The molecule has 1 aliphatic heterocycles. The van der Waals surface area contributed by atoms with Crippen molar-refractivity contribution in [1.82, 2.24) is 10.2 Å². The lowest BCUT2D eigenvalue weighted by molar-refractivity contribution is 0.170. The number of nitrogens with one attached hydrogen (secondary N) is 1. The maximum Gasteiger partial charge on any atom is 0.200 e. The molecule has 3 rings (SSSR count). The predicted octanol–water partition coefficient (Wildman–Crippen LogP) is 3.39. The van der Waals surface area contributed by atoms with Crippen LogP contribution in [0.2, 0.25) is 0 Å². The van der Waals surface area contributed by atoms with Crippen molar-refractivity contribution in [3.05, 3.63) is 58.8 Å². The van der Waals surface area contributed by atoms with Crippen LogP contribution in [0.1, 0.15) is 17.4 Å². The van der Waals surface area contributed by atoms with E-state index in [1.165, 1.54) is 18.4 Å². The van der Waals surface area contributed by atoms with Gasteiger partial charge in [-0.15, -0.1) is 12.4 Å². The van der Waals surface area contributed by atoms with Gasteiger partial charge in [0.15, 0.2) is 23.3 Å². The van der Waals surface area contributed by atoms with E-state index in [1.54, 1.807) is 4.90 Å². The monoisotopic (exact) mass is 368 g/mol. The number of rotatable bonds is 3. The summed E-state index contributed by atoms with van der Waals surface area (Å²) in [5, 5.41) is 3.06. The lowest BCUT2D eigenvalue weighted by Crippen LogP contribution is -2.45. The fourth-order valence-corrected chi connectivity index (χ4v) is 2.75. The number of halogens is 6. The summed E-state index contributed by atoms with van der Waals surface area (Å²) in [6, 6.07) is 1.76. The van der Waals surface area contributed by atoms with Crippen LogP contribution < -0.4 is 5.32 Å². The highest BCUT2D eigenvalue weighted by Crippen LogP contribution is 2.35. The molecule has 1 N–H and O–H groups in total. The Bertz CT molecular complexity index is 675. The number of benzene rings is 1. The Labute approximate surface area is 140 Å². The minimum Gasteiger partial charge on any atom is -0.467 e. The Kier molecular flexibility index (Phi) is 5.84. The van der Waals surface area contributed by atoms with Crippen LogP contribution in [-0.2, 0) is 0 Å². The largest absolute Gasteiger partial charge is 0.467 e. The van der Waals surface area contributed by atoms with Gasteiger partial charge in [0.25, 0.3) is 0 Å². The van der Waals surface area contributed by atoms with Gasteiger partial charge in [-0.25, -0.2) is 22.0 Å². The maximum absolute atomic E-state index is 14.2. The molecule has 1 fully saturated rings. The van der Waals surface area contributed by atoms with Gasteiger partial charge in [-0.3, -0.25) is 4.90 Å². The van der Waals surface area contributed by atoms with Crippen molar-refractivity contribution in [3.8, 4) is 0 Å². The van der Waals surface area contributed by atoms with Crippen molar-refractivity contribution in [2.75, 3.05) is 26.2 Å². The Morgan fingerprint density at radius 2 is 1.46 bits per heavy atom. The van der Waals surface area contributed by atoms with Gasteiger partial charge in [0, 0.05) is 26.2 Å². The number of hydrogen-bond donors (Lipinski definition) is 1. The van der Waals surface area contributed by atoms with Crippen LogP contribution in [0.15, 0.2) is 22.8 Å². The van der Waals surface area contributed by atoms with Crippen LogP contribution in [0.5, 0.6) is 0 Å². The van der Waals surface area contributed by atoms with Crippen LogP contribution in [-0.4, -0.2) is 31.1 Å². The normalized spacial score (nSPS) is 16.7. The first-order valence-corrected chi connectivity index (χ1v) is 7.02. The summed E-state index contributed by atoms with van der Waals surface area (Å²) in [4.78, 5) is 1.62. The van der Waals surface area contributed by atoms with E-state index in [1.807, 2.05) is 0 Å². The van der Waals surface area contributed by atoms with Gasteiger partial charge in [0.05, 0.1) is 17.9 Å². The molecule has 0 unspecified atom stereocenters. The summed E-state index contributed by atoms with van der Waals surface area (Å²) >= 11 is 0. The molecular formula is C15H14ClF5N2O. The van der Waals surface area contributed by atoms with Crippen molar-refractivity contribution < 1.29 is 26.4 Å². The summed E-state index contributed by atoms with van der Waals surface area (Å²) < 4.78 is 73.9. The van der Waals surface area contributed by atoms with Gasteiger partial charge in [-0.1, -0.05) is 0 Å². The van der Waals surface area contributed by atoms with Gasteiger partial charge in [0.1, 0.15) is 5.76 Å². The molecule has 0 aliphatic carbocycles. The molecule has 2 aromatic rings. The minimum absolute atomic E-state index is 0.